The lowest BCUT2D eigenvalue weighted by atomic mass is 10.1. The van der Waals surface area contributed by atoms with Crippen LogP contribution >= 0.6 is 47.2 Å². The third-order valence-corrected chi connectivity index (χ3v) is 5.15. The largest absolute Gasteiger partial charge is 0.486 e. The van der Waals surface area contributed by atoms with Crippen LogP contribution < -0.4 is 10.1 Å². The summed E-state index contributed by atoms with van der Waals surface area (Å²) in [6, 6.07) is 11.4. The fourth-order valence-electron chi connectivity index (χ4n) is 2.33. The van der Waals surface area contributed by atoms with Gasteiger partial charge in [0.25, 0.3) is 5.91 Å². The van der Waals surface area contributed by atoms with Crippen molar-refractivity contribution in [3.05, 3.63) is 68.0 Å². The Kier molecular flexibility index (Phi) is 5.69. The molecule has 1 N–H and O–H groups in total. The number of ether oxygens (including phenoxy) is 1. The number of thioether (sulfide) groups is 1. The molecule has 1 heterocycles. The minimum absolute atomic E-state index is 0.220. The lowest BCUT2D eigenvalue weighted by molar-refractivity contribution is -0.115. The number of thiocarbonyl (C=S) groups is 1. The molecular formula is C18H13Cl2NO2S2. The van der Waals surface area contributed by atoms with Crippen LogP contribution in [0.5, 0.6) is 5.75 Å². The first kappa shape index (κ1) is 18.3. The van der Waals surface area contributed by atoms with Crippen molar-refractivity contribution in [2.75, 3.05) is 0 Å². The van der Waals surface area contributed by atoms with Gasteiger partial charge in [0, 0.05) is 0 Å². The number of halogens is 2. The van der Waals surface area contributed by atoms with Crippen LogP contribution in [-0.2, 0) is 11.4 Å². The van der Waals surface area contributed by atoms with E-state index in [1.165, 1.54) is 11.8 Å². The van der Waals surface area contributed by atoms with Crippen molar-refractivity contribution < 1.29 is 9.53 Å². The predicted molar refractivity (Wildman–Crippen MR) is 108 cm³/mol. The Morgan fingerprint density at radius 2 is 1.96 bits per heavy atom. The van der Waals surface area contributed by atoms with E-state index in [9.17, 15) is 4.79 Å². The molecule has 25 heavy (non-hydrogen) atoms. The van der Waals surface area contributed by atoms with Crippen molar-refractivity contribution in [1.82, 2.24) is 5.32 Å². The van der Waals surface area contributed by atoms with Gasteiger partial charge in [-0.2, -0.15) is 0 Å². The molecule has 0 spiro atoms. The summed E-state index contributed by atoms with van der Waals surface area (Å²) >= 11 is 18.8. The summed E-state index contributed by atoms with van der Waals surface area (Å²) in [7, 11) is 0. The Bertz CT molecular complexity index is 873. The Labute approximate surface area is 165 Å². The molecule has 0 aromatic heterocycles. The van der Waals surface area contributed by atoms with Gasteiger partial charge in [-0.3, -0.25) is 4.79 Å². The summed E-state index contributed by atoms with van der Waals surface area (Å²) in [5.41, 5.74) is 2.90. The van der Waals surface area contributed by atoms with Crippen molar-refractivity contribution >= 4 is 63.5 Å². The van der Waals surface area contributed by atoms with Crippen LogP contribution in [0.25, 0.3) is 6.08 Å². The number of benzene rings is 2. The Morgan fingerprint density at radius 1 is 1.24 bits per heavy atom. The minimum Gasteiger partial charge on any atom is -0.486 e. The first-order valence-electron chi connectivity index (χ1n) is 7.34. The van der Waals surface area contributed by atoms with Gasteiger partial charge in [-0.05, 0) is 36.3 Å². The highest BCUT2D eigenvalue weighted by Gasteiger charge is 2.22. The molecule has 7 heteroatoms. The molecule has 1 aliphatic heterocycles. The summed E-state index contributed by atoms with van der Waals surface area (Å²) in [6.07, 6.45) is 1.70. The number of carbonyl (C=O) groups excluding carboxylic acids is 1. The van der Waals surface area contributed by atoms with Crippen LogP contribution in [0.1, 0.15) is 16.7 Å². The lowest BCUT2D eigenvalue weighted by Gasteiger charge is -2.11. The molecule has 1 fully saturated rings. The number of nitrogens with one attached hydrogen (secondary N) is 1. The highest BCUT2D eigenvalue weighted by atomic mass is 35.5. The van der Waals surface area contributed by atoms with E-state index >= 15 is 0 Å². The average Bonchev–Trinajstić information content (AvgIpc) is 2.84. The standard InChI is InChI=1S/C18H13Cl2NO2S2/c1-10-3-2-4-11(5-10)9-23-16-13(19)6-12(7-14(16)20)8-15-17(22)21-18(24)25-15/h2-8H,9H2,1H3,(H,21,22,24). The van der Waals surface area contributed by atoms with Crippen molar-refractivity contribution in [3.8, 4) is 5.75 Å². The van der Waals surface area contributed by atoms with E-state index in [-0.39, 0.29) is 5.91 Å². The molecule has 0 saturated carbocycles. The quantitative estimate of drug-likeness (QED) is 0.543. The van der Waals surface area contributed by atoms with Crippen LogP contribution in [0, 0.1) is 6.92 Å². The van der Waals surface area contributed by atoms with Gasteiger partial charge >= 0.3 is 0 Å². The highest BCUT2D eigenvalue weighted by molar-refractivity contribution is 8.26. The summed E-state index contributed by atoms with van der Waals surface area (Å²) in [4.78, 5) is 12.2. The van der Waals surface area contributed by atoms with Gasteiger partial charge in [0.05, 0.1) is 15.0 Å². The van der Waals surface area contributed by atoms with Crippen molar-refractivity contribution in [3.63, 3.8) is 0 Å². The third-order valence-electron chi connectivity index (χ3n) is 3.43. The maximum atomic E-state index is 11.7. The Balaban J connectivity index is 1.80. The number of hydrogen-bond donors (Lipinski definition) is 1. The maximum Gasteiger partial charge on any atom is 0.263 e. The van der Waals surface area contributed by atoms with Crippen molar-refractivity contribution in [1.29, 1.82) is 0 Å². The summed E-state index contributed by atoms with van der Waals surface area (Å²) in [6.45, 7) is 2.39. The van der Waals surface area contributed by atoms with Crippen LogP contribution in [0.4, 0.5) is 0 Å². The summed E-state index contributed by atoms with van der Waals surface area (Å²) < 4.78 is 6.22. The smallest absolute Gasteiger partial charge is 0.263 e. The van der Waals surface area contributed by atoms with Gasteiger partial charge in [0.2, 0.25) is 0 Å². The van der Waals surface area contributed by atoms with Crippen molar-refractivity contribution in [2.45, 2.75) is 13.5 Å². The normalized spacial score (nSPS) is 15.6. The summed E-state index contributed by atoms with van der Waals surface area (Å²) in [5.74, 6) is 0.202. The second kappa shape index (κ2) is 7.79. The Morgan fingerprint density at radius 3 is 2.56 bits per heavy atom. The topological polar surface area (TPSA) is 38.3 Å². The molecule has 1 saturated heterocycles. The molecule has 0 bridgehead atoms. The first-order valence-corrected chi connectivity index (χ1v) is 9.32. The molecule has 0 atom stereocenters. The molecule has 2 aromatic rings. The van der Waals surface area contributed by atoms with E-state index in [4.69, 9.17) is 40.2 Å². The number of carbonyl (C=O) groups is 1. The number of rotatable bonds is 4. The van der Waals surface area contributed by atoms with E-state index in [0.29, 0.717) is 37.2 Å². The molecule has 1 aliphatic rings. The fourth-order valence-corrected chi connectivity index (χ4v) is 3.99. The summed E-state index contributed by atoms with van der Waals surface area (Å²) in [5, 5.41) is 3.34. The molecule has 0 aliphatic carbocycles. The van der Waals surface area contributed by atoms with Crippen LogP contribution in [0.2, 0.25) is 10.0 Å². The average molecular weight is 410 g/mol. The van der Waals surface area contributed by atoms with Gasteiger partial charge in [0.15, 0.2) is 5.75 Å². The maximum absolute atomic E-state index is 11.7. The number of aryl methyl sites for hydroxylation is 1. The second-order valence-electron chi connectivity index (χ2n) is 5.44. The van der Waals surface area contributed by atoms with E-state index in [2.05, 4.69) is 5.32 Å². The van der Waals surface area contributed by atoms with Gasteiger partial charge in [-0.15, -0.1) is 0 Å². The monoisotopic (exact) mass is 409 g/mol. The lowest BCUT2D eigenvalue weighted by Crippen LogP contribution is -2.17. The molecule has 2 aromatic carbocycles. The van der Waals surface area contributed by atoms with Crippen molar-refractivity contribution in [2.24, 2.45) is 0 Å². The number of amides is 1. The van der Waals surface area contributed by atoms with E-state index in [1.54, 1.807) is 18.2 Å². The van der Waals surface area contributed by atoms with E-state index in [1.807, 2.05) is 31.2 Å². The highest BCUT2D eigenvalue weighted by Crippen LogP contribution is 2.36. The molecule has 128 valence electrons. The van der Waals surface area contributed by atoms with Gasteiger partial charge < -0.3 is 10.1 Å². The van der Waals surface area contributed by atoms with Gasteiger partial charge in [-0.25, -0.2) is 0 Å². The third kappa shape index (κ3) is 4.55. The van der Waals surface area contributed by atoms with E-state index < -0.39 is 0 Å². The molecule has 0 unspecified atom stereocenters. The molecule has 1 amide bonds. The predicted octanol–water partition coefficient (Wildman–Crippen LogP) is 5.37. The zero-order chi connectivity index (χ0) is 18.0. The SMILES string of the molecule is Cc1cccc(COc2c(Cl)cc(C=C3SC(=S)NC3=O)cc2Cl)c1. The first-order chi connectivity index (χ1) is 11.9. The van der Waals surface area contributed by atoms with E-state index in [0.717, 1.165) is 11.1 Å². The molecule has 3 nitrogen and oxygen atoms in total. The van der Waals surface area contributed by atoms with Crippen LogP contribution in [0.3, 0.4) is 0 Å². The Hall–Kier alpha value is -1.53. The van der Waals surface area contributed by atoms with Crippen LogP contribution in [-0.4, -0.2) is 10.2 Å². The fraction of sp³-hybridized carbons (Fsp3) is 0.111. The second-order valence-corrected chi connectivity index (χ2v) is 7.98. The van der Waals surface area contributed by atoms with Gasteiger partial charge in [-0.1, -0.05) is 77.0 Å². The molecule has 3 rings (SSSR count). The zero-order valence-corrected chi connectivity index (χ0v) is 16.3. The molecular weight excluding hydrogens is 397 g/mol. The van der Waals surface area contributed by atoms with Crippen LogP contribution in [0.15, 0.2) is 41.3 Å². The minimum atomic E-state index is -0.220. The molecule has 0 radical (unpaired) electrons. The zero-order valence-electron chi connectivity index (χ0n) is 13.1. The number of hydrogen-bond acceptors (Lipinski definition) is 4. The van der Waals surface area contributed by atoms with Gasteiger partial charge in [0.1, 0.15) is 10.9 Å².